The minimum atomic E-state index is -0.0331. The Balaban J connectivity index is 1.58. The summed E-state index contributed by atoms with van der Waals surface area (Å²) in [7, 11) is 0. The van der Waals surface area contributed by atoms with Crippen LogP contribution in [0.1, 0.15) is 25.5 Å². The summed E-state index contributed by atoms with van der Waals surface area (Å²) in [4.78, 5) is 16.4. The Hall–Kier alpha value is -1.53. The minimum Gasteiger partial charge on any atom is -0.354 e. The van der Waals surface area contributed by atoms with Gasteiger partial charge < -0.3 is 9.88 Å². The van der Waals surface area contributed by atoms with E-state index in [4.69, 9.17) is 0 Å². The molecule has 6 heteroatoms. The quantitative estimate of drug-likeness (QED) is 0.884. The fourth-order valence-corrected chi connectivity index (χ4v) is 3.60. The molecule has 2 N–H and O–H groups in total. The molecule has 1 saturated heterocycles. The Bertz CT molecular complexity index is 661. The molecule has 1 aromatic heterocycles. The normalized spacial score (nSPS) is 18.2. The SMILES string of the molecule is CC(C)n1cnc2cc(CCNC(=O)C3CSCN3)ccc21. The number of hydrogen-bond donors (Lipinski definition) is 2. The molecule has 1 amide bonds. The zero-order valence-corrected chi connectivity index (χ0v) is 13.8. The molecule has 118 valence electrons. The molecule has 3 rings (SSSR count). The number of nitrogens with zero attached hydrogens (tertiary/aromatic N) is 2. The van der Waals surface area contributed by atoms with Gasteiger partial charge in [0.25, 0.3) is 0 Å². The first-order valence-corrected chi connectivity index (χ1v) is 8.85. The molecule has 2 aromatic rings. The molecular formula is C16H22N4OS. The molecule has 2 heterocycles. The van der Waals surface area contributed by atoms with Crippen LogP contribution in [0.25, 0.3) is 11.0 Å². The summed E-state index contributed by atoms with van der Waals surface area (Å²) in [6.07, 6.45) is 2.72. The summed E-state index contributed by atoms with van der Waals surface area (Å²) in [6.45, 7) is 4.97. The predicted octanol–water partition coefficient (Wildman–Crippen LogP) is 1.94. The number of benzene rings is 1. The van der Waals surface area contributed by atoms with Crippen molar-refractivity contribution < 1.29 is 4.79 Å². The van der Waals surface area contributed by atoms with Gasteiger partial charge in [-0.25, -0.2) is 4.98 Å². The van der Waals surface area contributed by atoms with Crippen molar-refractivity contribution in [2.45, 2.75) is 32.4 Å². The van der Waals surface area contributed by atoms with Crippen molar-refractivity contribution in [1.82, 2.24) is 20.2 Å². The lowest BCUT2D eigenvalue weighted by Gasteiger charge is -2.11. The van der Waals surface area contributed by atoms with Gasteiger partial charge in [0.1, 0.15) is 0 Å². The number of hydrogen-bond acceptors (Lipinski definition) is 4. The van der Waals surface area contributed by atoms with Gasteiger partial charge in [0, 0.05) is 24.2 Å². The molecule has 0 radical (unpaired) electrons. The first kappa shape index (κ1) is 15.4. The molecular weight excluding hydrogens is 296 g/mol. The molecule has 22 heavy (non-hydrogen) atoms. The van der Waals surface area contributed by atoms with Crippen LogP contribution >= 0.6 is 11.8 Å². The van der Waals surface area contributed by atoms with E-state index in [0.717, 1.165) is 29.1 Å². The molecule has 0 aliphatic carbocycles. The number of carbonyl (C=O) groups excluding carboxylic acids is 1. The van der Waals surface area contributed by atoms with Crippen LogP contribution in [0.15, 0.2) is 24.5 Å². The minimum absolute atomic E-state index is 0.0331. The monoisotopic (exact) mass is 318 g/mol. The highest BCUT2D eigenvalue weighted by Gasteiger charge is 2.21. The molecule has 1 fully saturated rings. The highest BCUT2D eigenvalue weighted by molar-refractivity contribution is 7.99. The van der Waals surface area contributed by atoms with E-state index < -0.39 is 0 Å². The molecule has 1 atom stereocenters. The zero-order chi connectivity index (χ0) is 15.5. The number of nitrogens with one attached hydrogen (secondary N) is 2. The van der Waals surface area contributed by atoms with Crippen molar-refractivity contribution in [1.29, 1.82) is 0 Å². The van der Waals surface area contributed by atoms with Crippen molar-refractivity contribution in [2.24, 2.45) is 0 Å². The van der Waals surface area contributed by atoms with E-state index in [9.17, 15) is 4.79 Å². The zero-order valence-electron chi connectivity index (χ0n) is 13.0. The highest BCUT2D eigenvalue weighted by Crippen LogP contribution is 2.19. The number of imidazole rings is 1. The van der Waals surface area contributed by atoms with Gasteiger partial charge in [-0.05, 0) is 38.0 Å². The first-order chi connectivity index (χ1) is 10.6. The molecule has 1 aromatic carbocycles. The average molecular weight is 318 g/mol. The van der Waals surface area contributed by atoms with Gasteiger partial charge in [-0.15, -0.1) is 11.8 Å². The Morgan fingerprint density at radius 3 is 3.14 bits per heavy atom. The molecule has 0 bridgehead atoms. The van der Waals surface area contributed by atoms with E-state index in [0.29, 0.717) is 12.6 Å². The molecule has 0 spiro atoms. The predicted molar refractivity (Wildman–Crippen MR) is 91.1 cm³/mol. The van der Waals surface area contributed by atoms with Crippen LogP contribution < -0.4 is 10.6 Å². The summed E-state index contributed by atoms with van der Waals surface area (Å²) in [5, 5.41) is 6.18. The third-order valence-electron chi connectivity index (χ3n) is 3.94. The van der Waals surface area contributed by atoms with E-state index in [2.05, 4.69) is 52.2 Å². The van der Waals surface area contributed by atoms with Crippen molar-refractivity contribution in [2.75, 3.05) is 18.2 Å². The largest absolute Gasteiger partial charge is 0.354 e. The summed E-state index contributed by atoms with van der Waals surface area (Å²) < 4.78 is 2.17. The molecule has 0 saturated carbocycles. The third kappa shape index (κ3) is 3.28. The second kappa shape index (κ2) is 6.71. The standard InChI is InChI=1S/C16H22N4OS/c1-11(2)20-9-18-13-7-12(3-4-15(13)20)5-6-17-16(21)14-8-22-10-19-14/h3-4,7,9,11,14,19H,5-6,8,10H2,1-2H3,(H,17,21). The Morgan fingerprint density at radius 2 is 2.41 bits per heavy atom. The van der Waals surface area contributed by atoms with Crippen molar-refractivity contribution in [3.63, 3.8) is 0 Å². The number of amides is 1. The maximum Gasteiger partial charge on any atom is 0.238 e. The molecule has 5 nitrogen and oxygen atoms in total. The van der Waals surface area contributed by atoms with Gasteiger partial charge >= 0.3 is 0 Å². The van der Waals surface area contributed by atoms with Gasteiger partial charge in [-0.3, -0.25) is 10.1 Å². The van der Waals surface area contributed by atoms with E-state index >= 15 is 0 Å². The smallest absolute Gasteiger partial charge is 0.238 e. The van der Waals surface area contributed by atoms with Crippen molar-refractivity contribution in [3.8, 4) is 0 Å². The van der Waals surface area contributed by atoms with Crippen molar-refractivity contribution in [3.05, 3.63) is 30.1 Å². The number of rotatable bonds is 5. The van der Waals surface area contributed by atoms with Gasteiger partial charge in [0.05, 0.1) is 23.4 Å². The topological polar surface area (TPSA) is 59.0 Å². The maximum atomic E-state index is 11.9. The van der Waals surface area contributed by atoms with Crippen LogP contribution in [0.3, 0.4) is 0 Å². The fourth-order valence-electron chi connectivity index (χ4n) is 2.66. The lowest BCUT2D eigenvalue weighted by Crippen LogP contribution is -2.42. The molecule has 1 unspecified atom stereocenters. The van der Waals surface area contributed by atoms with E-state index in [1.807, 2.05) is 6.33 Å². The number of fused-ring (bicyclic) bond motifs is 1. The number of thioether (sulfide) groups is 1. The second-order valence-electron chi connectivity index (χ2n) is 5.88. The summed E-state index contributed by atoms with van der Waals surface area (Å²) >= 11 is 1.76. The van der Waals surface area contributed by atoms with Gasteiger partial charge in [0.2, 0.25) is 5.91 Å². The molecule has 1 aliphatic rings. The average Bonchev–Trinajstić information content (AvgIpc) is 3.16. The summed E-state index contributed by atoms with van der Waals surface area (Å²) in [5.74, 6) is 1.84. The summed E-state index contributed by atoms with van der Waals surface area (Å²) in [5.41, 5.74) is 3.39. The van der Waals surface area contributed by atoms with Gasteiger partial charge in [0.15, 0.2) is 0 Å². The number of carbonyl (C=O) groups is 1. The Morgan fingerprint density at radius 1 is 1.55 bits per heavy atom. The molecule has 1 aliphatic heterocycles. The van der Waals surface area contributed by atoms with E-state index in [1.165, 1.54) is 5.56 Å². The van der Waals surface area contributed by atoms with Gasteiger partial charge in [-0.1, -0.05) is 6.07 Å². The third-order valence-corrected chi connectivity index (χ3v) is 4.88. The van der Waals surface area contributed by atoms with Crippen LogP contribution in [0.5, 0.6) is 0 Å². The van der Waals surface area contributed by atoms with Crippen LogP contribution in [0, 0.1) is 0 Å². The Labute approximate surface area is 134 Å². The summed E-state index contributed by atoms with van der Waals surface area (Å²) in [6, 6.07) is 6.73. The van der Waals surface area contributed by atoms with E-state index in [-0.39, 0.29) is 11.9 Å². The van der Waals surface area contributed by atoms with Crippen molar-refractivity contribution >= 4 is 28.7 Å². The highest BCUT2D eigenvalue weighted by atomic mass is 32.2. The number of aromatic nitrogens is 2. The lowest BCUT2D eigenvalue weighted by atomic mass is 10.1. The maximum absolute atomic E-state index is 11.9. The van der Waals surface area contributed by atoms with Gasteiger partial charge in [-0.2, -0.15) is 0 Å². The van der Waals surface area contributed by atoms with Crippen LogP contribution in [-0.2, 0) is 11.2 Å². The lowest BCUT2D eigenvalue weighted by molar-refractivity contribution is -0.122. The van der Waals surface area contributed by atoms with E-state index in [1.54, 1.807) is 11.8 Å². The Kier molecular flexibility index (Phi) is 4.69. The van der Waals surface area contributed by atoms with Crippen LogP contribution in [-0.4, -0.2) is 39.7 Å². The van der Waals surface area contributed by atoms with Crippen LogP contribution in [0.2, 0.25) is 0 Å². The second-order valence-corrected chi connectivity index (χ2v) is 6.91. The fraction of sp³-hybridized carbons (Fsp3) is 0.500. The van der Waals surface area contributed by atoms with Crippen LogP contribution in [0.4, 0.5) is 0 Å². The first-order valence-electron chi connectivity index (χ1n) is 7.69.